The first-order valence-corrected chi connectivity index (χ1v) is 7.56. The molecule has 1 aliphatic carbocycles. The number of carbonyl (C=O) groups excluding carboxylic acids is 1. The van der Waals surface area contributed by atoms with Gasteiger partial charge in [0.1, 0.15) is 0 Å². The molecule has 1 aliphatic rings. The van der Waals surface area contributed by atoms with Crippen LogP contribution in [0.4, 0.5) is 5.69 Å². The Bertz CT molecular complexity index is 570. The first-order valence-electron chi connectivity index (χ1n) is 6.48. The Hall–Kier alpha value is -1.44. The predicted octanol–water partition coefficient (Wildman–Crippen LogP) is 3.43. The van der Waals surface area contributed by atoms with E-state index in [9.17, 15) is 14.9 Å². The van der Waals surface area contributed by atoms with Crippen LogP contribution in [-0.2, 0) is 0 Å². The van der Waals surface area contributed by atoms with Gasteiger partial charge in [0.05, 0.1) is 10.5 Å². The topological polar surface area (TPSA) is 72.2 Å². The second kappa shape index (κ2) is 6.83. The molecule has 1 N–H and O–H groups in total. The van der Waals surface area contributed by atoms with Crippen molar-refractivity contribution >= 4 is 34.2 Å². The van der Waals surface area contributed by atoms with Gasteiger partial charge in [0.25, 0.3) is 11.6 Å². The lowest BCUT2D eigenvalue weighted by atomic mass is 10.1. The fraction of sp³-hybridized carbons (Fsp3) is 0.357. The van der Waals surface area contributed by atoms with E-state index in [1.807, 2.05) is 22.6 Å². The molecule has 0 atom stereocenters. The van der Waals surface area contributed by atoms with E-state index in [1.54, 1.807) is 6.07 Å². The molecule has 0 unspecified atom stereocenters. The lowest BCUT2D eigenvalue weighted by Crippen LogP contribution is -2.25. The fourth-order valence-electron chi connectivity index (χ4n) is 2.20. The van der Waals surface area contributed by atoms with Gasteiger partial charge in [-0.3, -0.25) is 14.9 Å². The van der Waals surface area contributed by atoms with Crippen LogP contribution in [0.5, 0.6) is 0 Å². The molecule has 0 radical (unpaired) electrons. The molecule has 6 heteroatoms. The lowest BCUT2D eigenvalue weighted by molar-refractivity contribution is -0.384. The minimum atomic E-state index is -0.490. The minimum absolute atomic E-state index is 0.0610. The summed E-state index contributed by atoms with van der Waals surface area (Å²) in [6.07, 6.45) is 6.53. The highest BCUT2D eigenvalue weighted by Gasteiger charge is 2.15. The quantitative estimate of drug-likeness (QED) is 0.365. The summed E-state index contributed by atoms with van der Waals surface area (Å²) in [6.45, 7) is 0.573. The SMILES string of the molecule is O=C(NCCC1=CCCC1)c1cc([N+](=O)[O-])ccc1I. The van der Waals surface area contributed by atoms with E-state index in [4.69, 9.17) is 0 Å². The Kier molecular flexibility index (Phi) is 5.11. The van der Waals surface area contributed by atoms with Gasteiger partial charge in [-0.15, -0.1) is 0 Å². The molecular weight excluding hydrogens is 371 g/mol. The van der Waals surface area contributed by atoms with Gasteiger partial charge in [-0.2, -0.15) is 0 Å². The van der Waals surface area contributed by atoms with Crippen LogP contribution in [0.15, 0.2) is 29.8 Å². The smallest absolute Gasteiger partial charge is 0.270 e. The van der Waals surface area contributed by atoms with Crippen molar-refractivity contribution < 1.29 is 9.72 Å². The molecule has 0 fully saturated rings. The van der Waals surface area contributed by atoms with Crippen molar-refractivity contribution in [3.63, 3.8) is 0 Å². The third-order valence-corrected chi connectivity index (χ3v) is 4.21. The number of nitrogens with zero attached hydrogens (tertiary/aromatic N) is 1. The number of non-ortho nitro benzene ring substituents is 1. The van der Waals surface area contributed by atoms with Crippen molar-refractivity contribution in [2.45, 2.75) is 25.7 Å². The van der Waals surface area contributed by atoms with Crippen LogP contribution in [-0.4, -0.2) is 17.4 Å². The van der Waals surface area contributed by atoms with Crippen LogP contribution in [0.1, 0.15) is 36.0 Å². The van der Waals surface area contributed by atoms with Gasteiger partial charge in [-0.25, -0.2) is 0 Å². The van der Waals surface area contributed by atoms with Gasteiger partial charge in [0.2, 0.25) is 0 Å². The standard InChI is InChI=1S/C14H15IN2O3/c15-13-6-5-11(17(19)20)9-12(13)14(18)16-8-7-10-3-1-2-4-10/h3,5-6,9H,1-2,4,7-8H2,(H,16,18). The number of halogens is 1. The molecule has 0 aliphatic heterocycles. The molecule has 0 spiro atoms. The Balaban J connectivity index is 1.97. The highest BCUT2D eigenvalue weighted by atomic mass is 127. The monoisotopic (exact) mass is 386 g/mol. The molecule has 0 saturated carbocycles. The number of hydrogen-bond donors (Lipinski definition) is 1. The predicted molar refractivity (Wildman–Crippen MR) is 84.7 cm³/mol. The zero-order valence-electron chi connectivity index (χ0n) is 10.9. The Labute approximate surface area is 130 Å². The second-order valence-electron chi connectivity index (χ2n) is 4.68. The van der Waals surface area contributed by atoms with Gasteiger partial charge in [0.15, 0.2) is 0 Å². The maximum atomic E-state index is 12.1. The van der Waals surface area contributed by atoms with Crippen molar-refractivity contribution in [1.29, 1.82) is 0 Å². The summed E-state index contributed by atoms with van der Waals surface area (Å²) in [4.78, 5) is 22.3. The van der Waals surface area contributed by atoms with E-state index in [1.165, 1.54) is 24.1 Å². The van der Waals surface area contributed by atoms with Crippen LogP contribution >= 0.6 is 22.6 Å². The van der Waals surface area contributed by atoms with Crippen molar-refractivity contribution in [2.75, 3.05) is 6.54 Å². The molecule has 0 heterocycles. The summed E-state index contributed by atoms with van der Waals surface area (Å²) in [6, 6.07) is 4.32. The molecule has 0 bridgehead atoms. The van der Waals surface area contributed by atoms with E-state index >= 15 is 0 Å². The zero-order valence-corrected chi connectivity index (χ0v) is 13.1. The summed E-state index contributed by atoms with van der Waals surface area (Å²) in [5.74, 6) is -0.253. The van der Waals surface area contributed by atoms with Crippen molar-refractivity contribution in [2.24, 2.45) is 0 Å². The molecule has 0 saturated heterocycles. The first-order chi connectivity index (χ1) is 9.58. The van der Waals surface area contributed by atoms with Crippen LogP contribution in [0.3, 0.4) is 0 Å². The third-order valence-electron chi connectivity index (χ3n) is 3.27. The molecule has 1 amide bonds. The van der Waals surface area contributed by atoms with Crippen molar-refractivity contribution in [3.8, 4) is 0 Å². The second-order valence-corrected chi connectivity index (χ2v) is 5.84. The van der Waals surface area contributed by atoms with Crippen LogP contribution in [0.2, 0.25) is 0 Å². The molecule has 0 aromatic heterocycles. The maximum Gasteiger partial charge on any atom is 0.270 e. The maximum absolute atomic E-state index is 12.1. The largest absolute Gasteiger partial charge is 0.352 e. The summed E-state index contributed by atoms with van der Waals surface area (Å²) in [7, 11) is 0. The summed E-state index contributed by atoms with van der Waals surface area (Å²) in [5, 5.41) is 13.6. The summed E-state index contributed by atoms with van der Waals surface area (Å²) < 4.78 is 0.714. The van der Waals surface area contributed by atoms with Crippen molar-refractivity contribution in [1.82, 2.24) is 5.32 Å². The van der Waals surface area contributed by atoms with Gasteiger partial charge < -0.3 is 5.32 Å². The minimum Gasteiger partial charge on any atom is -0.352 e. The summed E-state index contributed by atoms with van der Waals surface area (Å²) in [5.41, 5.74) is 1.69. The number of allylic oxidation sites excluding steroid dienone is 1. The Morgan fingerprint density at radius 2 is 2.25 bits per heavy atom. The highest BCUT2D eigenvalue weighted by molar-refractivity contribution is 14.1. The number of amides is 1. The Morgan fingerprint density at radius 3 is 2.90 bits per heavy atom. The van der Waals surface area contributed by atoms with E-state index in [0.29, 0.717) is 15.7 Å². The molecule has 106 valence electrons. The molecule has 1 aromatic rings. The number of nitro groups is 1. The zero-order chi connectivity index (χ0) is 14.5. The van der Waals surface area contributed by atoms with Crippen molar-refractivity contribution in [3.05, 3.63) is 49.1 Å². The van der Waals surface area contributed by atoms with Gasteiger partial charge in [-0.1, -0.05) is 11.6 Å². The first kappa shape index (κ1) is 15.0. The number of nitro benzene ring substituents is 1. The molecule has 20 heavy (non-hydrogen) atoms. The number of hydrogen-bond acceptors (Lipinski definition) is 3. The van der Waals surface area contributed by atoms with E-state index in [-0.39, 0.29) is 11.6 Å². The molecular formula is C14H15IN2O3. The van der Waals surface area contributed by atoms with Gasteiger partial charge in [-0.05, 0) is 54.3 Å². The van der Waals surface area contributed by atoms with Crippen LogP contribution < -0.4 is 5.32 Å². The fourth-order valence-corrected chi connectivity index (χ4v) is 2.78. The molecule has 2 rings (SSSR count). The molecule has 1 aromatic carbocycles. The molecule has 5 nitrogen and oxygen atoms in total. The third kappa shape index (κ3) is 3.78. The van der Waals surface area contributed by atoms with Crippen LogP contribution in [0.25, 0.3) is 0 Å². The van der Waals surface area contributed by atoms with Crippen LogP contribution in [0, 0.1) is 13.7 Å². The lowest BCUT2D eigenvalue weighted by Gasteiger charge is -2.07. The Morgan fingerprint density at radius 1 is 1.45 bits per heavy atom. The van der Waals surface area contributed by atoms with E-state index in [2.05, 4.69) is 11.4 Å². The normalized spacial score (nSPS) is 13.9. The highest BCUT2D eigenvalue weighted by Crippen LogP contribution is 2.21. The average molecular weight is 386 g/mol. The number of carbonyl (C=O) groups is 1. The number of nitrogens with one attached hydrogen (secondary N) is 1. The van der Waals surface area contributed by atoms with E-state index < -0.39 is 4.92 Å². The number of rotatable bonds is 5. The summed E-state index contributed by atoms with van der Waals surface area (Å²) >= 11 is 2.01. The van der Waals surface area contributed by atoms with Gasteiger partial charge in [0, 0.05) is 22.2 Å². The average Bonchev–Trinajstić information content (AvgIpc) is 2.92. The van der Waals surface area contributed by atoms with E-state index in [0.717, 1.165) is 19.3 Å². The number of benzene rings is 1. The van der Waals surface area contributed by atoms with Gasteiger partial charge >= 0.3 is 0 Å².